The molecule has 0 spiro atoms. The molecule has 2 fully saturated rings. The third kappa shape index (κ3) is 3.79. The summed E-state index contributed by atoms with van der Waals surface area (Å²) < 4.78 is 0. The normalized spacial score (nSPS) is 28.8. The molecule has 6 nitrogen and oxygen atoms in total. The van der Waals surface area contributed by atoms with Gasteiger partial charge in [0.2, 0.25) is 0 Å². The van der Waals surface area contributed by atoms with Gasteiger partial charge in [-0.05, 0) is 38.8 Å². The number of piperidine rings is 1. The number of aliphatic carboxylic acids is 2. The van der Waals surface area contributed by atoms with Crippen LogP contribution >= 0.6 is 0 Å². The molecule has 0 aromatic heterocycles. The molecule has 16 heavy (non-hydrogen) atoms. The molecule has 0 saturated carbocycles. The zero-order valence-electron chi connectivity index (χ0n) is 9.13. The summed E-state index contributed by atoms with van der Waals surface area (Å²) in [5.41, 5.74) is 5.86. The van der Waals surface area contributed by atoms with Crippen molar-refractivity contribution < 1.29 is 19.8 Å². The standard InChI is InChI=1S/C8H16N2.C2H2O4/c9-7-3-5-10-4-1-2-8(10)6-7;3-1(4)2(5)6/h7-8H,1-6,9H2;(H,3,4)(H,5,6). The van der Waals surface area contributed by atoms with Gasteiger partial charge in [0.25, 0.3) is 0 Å². The Morgan fingerprint density at radius 3 is 2.31 bits per heavy atom. The van der Waals surface area contributed by atoms with E-state index in [-0.39, 0.29) is 0 Å². The monoisotopic (exact) mass is 230 g/mol. The molecule has 0 aromatic carbocycles. The van der Waals surface area contributed by atoms with E-state index < -0.39 is 11.9 Å². The molecule has 0 aliphatic carbocycles. The molecule has 2 heterocycles. The topological polar surface area (TPSA) is 104 Å². The Morgan fingerprint density at radius 2 is 1.75 bits per heavy atom. The predicted octanol–water partition coefficient (Wildman–Crippen LogP) is -0.272. The lowest BCUT2D eigenvalue weighted by Gasteiger charge is -2.32. The molecule has 0 aromatic rings. The highest BCUT2D eigenvalue weighted by molar-refractivity contribution is 6.27. The van der Waals surface area contributed by atoms with E-state index >= 15 is 0 Å². The fourth-order valence-electron chi connectivity index (χ4n) is 2.26. The van der Waals surface area contributed by atoms with E-state index in [0.717, 1.165) is 6.04 Å². The fourth-order valence-corrected chi connectivity index (χ4v) is 2.26. The minimum Gasteiger partial charge on any atom is -0.473 e. The Balaban J connectivity index is 0.000000187. The lowest BCUT2D eigenvalue weighted by atomic mass is 9.99. The fraction of sp³-hybridized carbons (Fsp3) is 0.800. The summed E-state index contributed by atoms with van der Waals surface area (Å²) in [6.45, 7) is 2.59. The molecule has 2 atom stereocenters. The minimum atomic E-state index is -1.82. The van der Waals surface area contributed by atoms with E-state index in [9.17, 15) is 0 Å². The Morgan fingerprint density at radius 1 is 1.12 bits per heavy atom. The lowest BCUT2D eigenvalue weighted by molar-refractivity contribution is -0.159. The van der Waals surface area contributed by atoms with Gasteiger partial charge < -0.3 is 20.8 Å². The summed E-state index contributed by atoms with van der Waals surface area (Å²) >= 11 is 0. The van der Waals surface area contributed by atoms with E-state index in [1.54, 1.807) is 0 Å². The van der Waals surface area contributed by atoms with Crippen LogP contribution in [0.15, 0.2) is 0 Å². The quantitative estimate of drug-likeness (QED) is 0.495. The second kappa shape index (κ2) is 5.81. The maximum Gasteiger partial charge on any atom is 0.414 e. The van der Waals surface area contributed by atoms with E-state index in [4.69, 9.17) is 25.5 Å². The first-order chi connectivity index (χ1) is 7.50. The van der Waals surface area contributed by atoms with Gasteiger partial charge in [-0.3, -0.25) is 0 Å². The van der Waals surface area contributed by atoms with Gasteiger partial charge in [0.15, 0.2) is 0 Å². The summed E-state index contributed by atoms with van der Waals surface area (Å²) in [5, 5.41) is 14.8. The second-order valence-electron chi connectivity index (χ2n) is 4.23. The van der Waals surface area contributed by atoms with Crippen LogP contribution in [0, 0.1) is 0 Å². The highest BCUT2D eigenvalue weighted by Gasteiger charge is 2.29. The molecule has 0 bridgehead atoms. The average Bonchev–Trinajstić information content (AvgIpc) is 2.65. The van der Waals surface area contributed by atoms with Gasteiger partial charge >= 0.3 is 11.9 Å². The van der Waals surface area contributed by atoms with Gasteiger partial charge in [-0.1, -0.05) is 0 Å². The van der Waals surface area contributed by atoms with Crippen LogP contribution in [0.25, 0.3) is 0 Å². The summed E-state index contributed by atoms with van der Waals surface area (Å²) in [7, 11) is 0. The van der Waals surface area contributed by atoms with Crippen LogP contribution in [0.5, 0.6) is 0 Å². The van der Waals surface area contributed by atoms with Crippen LogP contribution in [-0.4, -0.2) is 52.2 Å². The molecule has 0 amide bonds. The summed E-state index contributed by atoms with van der Waals surface area (Å²) in [5.74, 6) is -3.65. The van der Waals surface area contributed by atoms with Gasteiger partial charge in [-0.25, -0.2) is 9.59 Å². The summed E-state index contributed by atoms with van der Waals surface area (Å²) in [6, 6.07) is 1.35. The number of nitrogens with two attached hydrogens (primary N) is 1. The predicted molar refractivity (Wildman–Crippen MR) is 57.1 cm³/mol. The third-order valence-electron chi connectivity index (χ3n) is 3.04. The smallest absolute Gasteiger partial charge is 0.414 e. The number of rotatable bonds is 0. The number of carboxylic acid groups (broad SMARTS) is 2. The van der Waals surface area contributed by atoms with Crippen LogP contribution in [0.4, 0.5) is 0 Å². The zero-order valence-corrected chi connectivity index (χ0v) is 9.13. The molecular weight excluding hydrogens is 212 g/mol. The van der Waals surface area contributed by atoms with Crippen molar-refractivity contribution in [2.75, 3.05) is 13.1 Å². The first kappa shape index (κ1) is 12.9. The lowest BCUT2D eigenvalue weighted by Crippen LogP contribution is -2.43. The van der Waals surface area contributed by atoms with E-state index in [2.05, 4.69) is 4.90 Å². The summed E-state index contributed by atoms with van der Waals surface area (Å²) in [6.07, 6.45) is 5.27. The molecule has 2 unspecified atom stereocenters. The third-order valence-corrected chi connectivity index (χ3v) is 3.04. The van der Waals surface area contributed by atoms with Gasteiger partial charge in [0.05, 0.1) is 0 Å². The van der Waals surface area contributed by atoms with Gasteiger partial charge in [0.1, 0.15) is 0 Å². The highest BCUT2D eigenvalue weighted by Crippen LogP contribution is 2.25. The SMILES string of the molecule is NC1CCN2CCCC2C1.O=C(O)C(=O)O. The Labute approximate surface area is 94.0 Å². The van der Waals surface area contributed by atoms with Crippen molar-refractivity contribution in [2.24, 2.45) is 5.73 Å². The van der Waals surface area contributed by atoms with Crippen LogP contribution < -0.4 is 5.73 Å². The average molecular weight is 230 g/mol. The minimum absolute atomic E-state index is 0.499. The number of carbonyl (C=O) groups is 2. The Hall–Kier alpha value is -1.14. The molecule has 2 aliphatic rings. The van der Waals surface area contributed by atoms with Crippen molar-refractivity contribution in [3.8, 4) is 0 Å². The molecule has 92 valence electrons. The first-order valence-electron chi connectivity index (χ1n) is 5.46. The highest BCUT2D eigenvalue weighted by atomic mass is 16.4. The van der Waals surface area contributed by atoms with Crippen molar-refractivity contribution >= 4 is 11.9 Å². The van der Waals surface area contributed by atoms with Crippen LogP contribution in [0.2, 0.25) is 0 Å². The van der Waals surface area contributed by atoms with Crippen molar-refractivity contribution in [1.82, 2.24) is 4.90 Å². The maximum absolute atomic E-state index is 9.10. The van der Waals surface area contributed by atoms with Gasteiger partial charge in [-0.15, -0.1) is 0 Å². The van der Waals surface area contributed by atoms with Crippen molar-refractivity contribution in [2.45, 2.75) is 37.8 Å². The van der Waals surface area contributed by atoms with Crippen LogP contribution in [-0.2, 0) is 9.59 Å². The van der Waals surface area contributed by atoms with Gasteiger partial charge in [0, 0.05) is 12.1 Å². The molecule has 2 saturated heterocycles. The van der Waals surface area contributed by atoms with Gasteiger partial charge in [-0.2, -0.15) is 0 Å². The van der Waals surface area contributed by atoms with E-state index in [1.807, 2.05) is 0 Å². The molecule has 6 heteroatoms. The first-order valence-corrected chi connectivity index (χ1v) is 5.46. The number of nitrogens with zero attached hydrogens (tertiary/aromatic N) is 1. The largest absolute Gasteiger partial charge is 0.473 e. The van der Waals surface area contributed by atoms with E-state index in [0.29, 0.717) is 6.04 Å². The molecule has 0 radical (unpaired) electrons. The Kier molecular flexibility index (Phi) is 4.70. The number of fused-ring (bicyclic) bond motifs is 1. The van der Waals surface area contributed by atoms with Crippen LogP contribution in [0.3, 0.4) is 0 Å². The molecular formula is C10H18N2O4. The molecule has 2 rings (SSSR count). The van der Waals surface area contributed by atoms with Crippen molar-refractivity contribution in [1.29, 1.82) is 0 Å². The van der Waals surface area contributed by atoms with Crippen molar-refractivity contribution in [3.63, 3.8) is 0 Å². The van der Waals surface area contributed by atoms with Crippen LogP contribution in [0.1, 0.15) is 25.7 Å². The molecule has 2 aliphatic heterocycles. The second-order valence-corrected chi connectivity index (χ2v) is 4.23. The summed E-state index contributed by atoms with van der Waals surface area (Å²) in [4.78, 5) is 20.8. The zero-order chi connectivity index (χ0) is 12.1. The van der Waals surface area contributed by atoms with Crippen molar-refractivity contribution in [3.05, 3.63) is 0 Å². The number of carboxylic acids is 2. The maximum atomic E-state index is 9.10. The number of hydrogen-bond acceptors (Lipinski definition) is 4. The Bertz CT molecular complexity index is 258. The van der Waals surface area contributed by atoms with E-state index in [1.165, 1.54) is 38.8 Å². The molecule has 4 N–H and O–H groups in total. The number of hydrogen-bond donors (Lipinski definition) is 3.